The molecule has 0 fully saturated rings. The second kappa shape index (κ2) is 14.0. The fourth-order valence-electron chi connectivity index (χ4n) is 3.93. The molecule has 1 N–H and O–H groups in total. The number of nitrogens with one attached hydrogen (secondary N) is 1. The maximum absolute atomic E-state index is 12.3. The highest BCUT2D eigenvalue weighted by Gasteiger charge is 2.15. The normalized spacial score (nSPS) is 10.9. The number of amides is 1. The van der Waals surface area contributed by atoms with Crippen LogP contribution in [0, 0.1) is 27.7 Å². The number of hydrogen-bond acceptors (Lipinski definition) is 10. The Kier molecular flexibility index (Phi) is 10.3. The van der Waals surface area contributed by atoms with Crippen LogP contribution in [-0.4, -0.2) is 45.3 Å². The number of anilines is 1. The van der Waals surface area contributed by atoms with Crippen molar-refractivity contribution in [1.29, 1.82) is 0 Å². The lowest BCUT2D eigenvalue weighted by molar-refractivity contribution is -0.893. The largest absolute Gasteiger partial charge is 0.483 e. The van der Waals surface area contributed by atoms with Crippen LogP contribution < -0.4 is 19.6 Å². The van der Waals surface area contributed by atoms with Gasteiger partial charge in [-0.1, -0.05) is 29.0 Å². The van der Waals surface area contributed by atoms with E-state index in [1.165, 1.54) is 22.7 Å². The molecule has 0 aliphatic rings. The number of aryl methyl sites for hydroxylation is 6. The number of ketones is 1. The van der Waals surface area contributed by atoms with Crippen molar-refractivity contribution in [3.63, 3.8) is 0 Å². The molecule has 4 aromatic rings. The first-order valence-corrected chi connectivity index (χ1v) is 14.7. The molecule has 0 atom stereocenters. The van der Waals surface area contributed by atoms with E-state index in [0.717, 1.165) is 58.1 Å². The molecule has 0 bridgehead atoms. The highest BCUT2D eigenvalue weighted by atomic mass is 32.1. The smallest absolute Gasteiger partial charge is 0.264 e. The van der Waals surface area contributed by atoms with E-state index in [4.69, 9.17) is 9.57 Å². The molecule has 0 saturated carbocycles. The second-order valence-electron chi connectivity index (χ2n) is 9.56. The zero-order valence-corrected chi connectivity index (χ0v) is 24.7. The van der Waals surface area contributed by atoms with E-state index in [1.807, 2.05) is 64.2 Å². The monoisotopic (exact) mass is 581 g/mol. The molecule has 0 spiro atoms. The summed E-state index contributed by atoms with van der Waals surface area (Å²) >= 11 is 2.82. The maximum atomic E-state index is 12.3. The Hall–Kier alpha value is -3.77. The number of pyridine rings is 1. The topological polar surface area (TPSA) is 120 Å². The van der Waals surface area contributed by atoms with E-state index < -0.39 is 0 Å². The number of Topliss-reactive ketones (excluding diaryl/α,β-unsaturated/α-hetero) is 1. The lowest BCUT2D eigenvalue weighted by atomic mass is 10.1. The van der Waals surface area contributed by atoms with Gasteiger partial charge in [0, 0.05) is 36.6 Å². The van der Waals surface area contributed by atoms with Crippen molar-refractivity contribution < 1.29 is 23.9 Å². The number of rotatable bonds is 14. The van der Waals surface area contributed by atoms with Crippen LogP contribution in [0.1, 0.15) is 50.2 Å². The molecule has 3 aromatic heterocycles. The van der Waals surface area contributed by atoms with Gasteiger partial charge < -0.3 is 4.74 Å². The van der Waals surface area contributed by atoms with Crippen molar-refractivity contribution in [2.75, 3.05) is 18.5 Å². The average molecular weight is 582 g/mol. The maximum Gasteiger partial charge on any atom is 0.264 e. The second-order valence-corrected chi connectivity index (χ2v) is 11.8. The zero-order chi connectivity index (χ0) is 28.5. The Morgan fingerprint density at radius 2 is 1.55 bits per heavy atom. The molecule has 4 rings (SSSR count). The van der Waals surface area contributed by atoms with Crippen molar-refractivity contribution in [2.24, 2.45) is 0 Å². The summed E-state index contributed by atoms with van der Waals surface area (Å²) in [6.45, 7) is 7.79. The number of unbranched alkanes of at least 4 members (excludes halogenated alkanes) is 1. The predicted octanol–water partition coefficient (Wildman–Crippen LogP) is 3.73. The van der Waals surface area contributed by atoms with Gasteiger partial charge in [0.2, 0.25) is 23.6 Å². The number of benzene rings is 1. The van der Waals surface area contributed by atoms with Crippen LogP contribution in [0.25, 0.3) is 0 Å². The van der Waals surface area contributed by atoms with E-state index in [1.54, 1.807) is 4.73 Å². The minimum atomic E-state index is -0.274. The summed E-state index contributed by atoms with van der Waals surface area (Å²) in [5, 5.41) is 22.3. The summed E-state index contributed by atoms with van der Waals surface area (Å²) in [4.78, 5) is 30.2. The Labute approximate surface area is 241 Å². The van der Waals surface area contributed by atoms with Crippen LogP contribution in [0.2, 0.25) is 0 Å². The van der Waals surface area contributed by atoms with Gasteiger partial charge in [-0.15, -0.1) is 31.7 Å². The molecule has 210 valence electrons. The van der Waals surface area contributed by atoms with Gasteiger partial charge in [0.15, 0.2) is 12.4 Å². The number of carbonyl (C=O) groups is 2. The molecule has 1 amide bonds. The van der Waals surface area contributed by atoms with E-state index in [-0.39, 0.29) is 31.3 Å². The first-order chi connectivity index (χ1) is 19.2. The molecule has 0 aliphatic carbocycles. The van der Waals surface area contributed by atoms with E-state index >= 15 is 0 Å². The fourth-order valence-corrected chi connectivity index (χ4v) is 5.64. The lowest BCUT2D eigenvalue weighted by Crippen LogP contribution is -2.47. The standard InChI is InChI=1S/C28H32N6O4S2/c1-18-9-10-23(20(3)13-18)37-17-24(36)29-28-33-31-26(40-28)8-6-5-7-25-30-32-27(39-25)15-22(35)16-38-34-12-11-19(2)14-21(34)4/h9-14H,5-8,15-17H2,1-4H3/p+1. The molecule has 1 aromatic carbocycles. The summed E-state index contributed by atoms with van der Waals surface area (Å²) in [5.74, 6) is 0.365. The minimum Gasteiger partial charge on any atom is -0.483 e. The molecule has 10 nitrogen and oxygen atoms in total. The van der Waals surface area contributed by atoms with E-state index in [2.05, 4.69) is 25.7 Å². The third-order valence-corrected chi connectivity index (χ3v) is 7.79. The Balaban J connectivity index is 1.12. The van der Waals surface area contributed by atoms with Crippen LogP contribution in [0.4, 0.5) is 5.13 Å². The van der Waals surface area contributed by atoms with E-state index in [9.17, 15) is 9.59 Å². The van der Waals surface area contributed by atoms with Gasteiger partial charge in [0.1, 0.15) is 20.8 Å². The minimum absolute atomic E-state index is 0.0206. The van der Waals surface area contributed by atoms with Gasteiger partial charge in [0.05, 0.1) is 6.42 Å². The van der Waals surface area contributed by atoms with Gasteiger partial charge in [-0.05, 0) is 50.8 Å². The summed E-state index contributed by atoms with van der Waals surface area (Å²) < 4.78 is 7.23. The quantitative estimate of drug-likeness (QED) is 0.177. The van der Waals surface area contributed by atoms with Crippen molar-refractivity contribution in [1.82, 2.24) is 20.4 Å². The van der Waals surface area contributed by atoms with Crippen LogP contribution in [0.3, 0.4) is 0 Å². The summed E-state index contributed by atoms with van der Waals surface area (Å²) in [5.41, 5.74) is 4.20. The summed E-state index contributed by atoms with van der Waals surface area (Å²) in [7, 11) is 0. The van der Waals surface area contributed by atoms with Gasteiger partial charge in [0.25, 0.3) is 5.91 Å². The Morgan fingerprint density at radius 1 is 0.850 bits per heavy atom. The molecular formula is C28H33N6O4S2+. The summed E-state index contributed by atoms with van der Waals surface area (Å²) in [6.07, 6.45) is 5.34. The van der Waals surface area contributed by atoms with Crippen LogP contribution in [0.5, 0.6) is 5.75 Å². The molecule has 12 heteroatoms. The third kappa shape index (κ3) is 8.88. The molecule has 40 heavy (non-hydrogen) atoms. The Bertz CT molecular complexity index is 1360. The van der Waals surface area contributed by atoms with Crippen molar-refractivity contribution in [2.45, 2.75) is 59.8 Å². The molecule has 3 heterocycles. The third-order valence-electron chi connectivity index (χ3n) is 5.91. The fraction of sp³-hybridized carbons (Fsp3) is 0.393. The first kappa shape index (κ1) is 29.2. The van der Waals surface area contributed by atoms with Crippen LogP contribution in [0.15, 0.2) is 36.5 Å². The Morgan fingerprint density at radius 3 is 2.30 bits per heavy atom. The van der Waals surface area contributed by atoms with Crippen LogP contribution >= 0.6 is 22.7 Å². The number of aromatic nitrogens is 5. The molecule has 0 aliphatic heterocycles. The molecular weight excluding hydrogens is 548 g/mol. The number of hydrogen-bond donors (Lipinski definition) is 1. The van der Waals surface area contributed by atoms with Gasteiger partial charge in [-0.2, -0.15) is 0 Å². The molecule has 0 unspecified atom stereocenters. The lowest BCUT2D eigenvalue weighted by Gasteiger charge is -2.09. The highest BCUT2D eigenvalue weighted by Crippen LogP contribution is 2.20. The highest BCUT2D eigenvalue weighted by molar-refractivity contribution is 7.15. The van der Waals surface area contributed by atoms with Crippen molar-refractivity contribution >= 4 is 39.5 Å². The van der Waals surface area contributed by atoms with E-state index in [0.29, 0.717) is 15.9 Å². The average Bonchev–Trinajstić information content (AvgIpc) is 3.54. The SMILES string of the molecule is Cc1ccc(OCC(=O)Nc2nnc(CCCCc3nnc(CC(=O)CO[n+]4ccc(C)cc4C)s3)s2)c(C)c1. The number of ether oxygens (including phenoxy) is 1. The number of nitrogens with zero attached hydrogens (tertiary/aromatic N) is 5. The first-order valence-electron chi connectivity index (χ1n) is 13.0. The van der Waals surface area contributed by atoms with Crippen molar-refractivity contribution in [3.8, 4) is 5.75 Å². The predicted molar refractivity (Wildman–Crippen MR) is 153 cm³/mol. The molecule has 0 radical (unpaired) electrons. The van der Waals surface area contributed by atoms with Crippen molar-refractivity contribution in [3.05, 3.63) is 73.9 Å². The van der Waals surface area contributed by atoms with Gasteiger partial charge >= 0.3 is 0 Å². The van der Waals surface area contributed by atoms with Gasteiger partial charge in [-0.25, -0.2) is 0 Å². The zero-order valence-electron chi connectivity index (χ0n) is 23.1. The van der Waals surface area contributed by atoms with Gasteiger partial charge in [-0.3, -0.25) is 19.7 Å². The summed E-state index contributed by atoms with van der Waals surface area (Å²) in [6, 6.07) is 9.76. The van der Waals surface area contributed by atoms with Crippen LogP contribution in [-0.2, 0) is 28.9 Å². The molecule has 0 saturated heterocycles. The number of carbonyl (C=O) groups excluding carboxylic acids is 2.